The summed E-state index contributed by atoms with van der Waals surface area (Å²) in [5.74, 6) is 0. The van der Waals surface area contributed by atoms with E-state index in [0.717, 1.165) is 0 Å². The van der Waals surface area contributed by atoms with E-state index in [1.807, 2.05) is 28.0 Å². The highest BCUT2D eigenvalue weighted by molar-refractivity contribution is 4.76. The van der Waals surface area contributed by atoms with Crippen LogP contribution in [0.15, 0.2) is 0 Å². The molecule has 0 heterocycles. The van der Waals surface area contributed by atoms with Crippen molar-refractivity contribution in [1.29, 1.82) is 0 Å². The lowest BCUT2D eigenvalue weighted by atomic mass is 9.93. The van der Waals surface area contributed by atoms with Crippen molar-refractivity contribution >= 4 is 0 Å². The molecule has 0 aromatic heterocycles. The second-order valence-corrected chi connectivity index (χ2v) is 3.01. The average Bonchev–Trinajstić information content (AvgIpc) is 2.21. The minimum atomic E-state index is 0.506. The van der Waals surface area contributed by atoms with Crippen molar-refractivity contribution in [3.8, 4) is 0 Å². The molecule has 0 bridgehead atoms. The number of nitrogens with one attached hydrogen (secondary N) is 1. The van der Waals surface area contributed by atoms with Gasteiger partial charge in [-0.15, -0.1) is 0 Å². The molecule has 2 heteroatoms. The molecule has 0 radical (unpaired) electrons. The molecule has 0 aromatic carbocycles. The van der Waals surface area contributed by atoms with E-state index in [1.165, 1.54) is 25.7 Å². The Kier molecular flexibility index (Phi) is 7.51. The molecule has 0 aromatic rings. The van der Waals surface area contributed by atoms with E-state index in [1.54, 1.807) is 0 Å². The summed E-state index contributed by atoms with van der Waals surface area (Å²) >= 11 is 0. The Bertz CT molecular complexity index is 85.8. The van der Waals surface area contributed by atoms with Gasteiger partial charge in [0.25, 0.3) is 0 Å². The van der Waals surface area contributed by atoms with Crippen molar-refractivity contribution in [3.05, 3.63) is 0 Å². The smallest absolute Gasteiger partial charge is 0.0586 e. The minimum Gasteiger partial charge on any atom is -0.381 e. The van der Waals surface area contributed by atoms with E-state index < -0.39 is 0 Å². The quantitative estimate of drug-likeness (QED) is 0.691. The van der Waals surface area contributed by atoms with Gasteiger partial charge in [-0.1, -0.05) is 13.8 Å². The Morgan fingerprint density at radius 1 is 1.25 bits per heavy atom. The largest absolute Gasteiger partial charge is 0.381 e. The van der Waals surface area contributed by atoms with Gasteiger partial charge in [-0.2, -0.15) is 0 Å². The Balaban J connectivity index is 0.000000561. The first-order valence-corrected chi connectivity index (χ1v) is 5.07. The van der Waals surface area contributed by atoms with Crippen molar-refractivity contribution in [2.45, 2.75) is 51.7 Å². The van der Waals surface area contributed by atoms with Crippen LogP contribution in [-0.2, 0) is 4.74 Å². The Hall–Kier alpha value is -0.0800. The first-order valence-electron chi connectivity index (χ1n) is 5.07. The number of hydrogen-bond acceptors (Lipinski definition) is 2. The molecule has 0 saturated heterocycles. The number of ether oxygens (including phenoxy) is 1. The maximum Gasteiger partial charge on any atom is 0.0586 e. The summed E-state index contributed by atoms with van der Waals surface area (Å²) in [6.45, 7) is 4.00. The SMILES string of the molecule is CC.CNC1CCCC(OC)C1. The van der Waals surface area contributed by atoms with Gasteiger partial charge in [0, 0.05) is 13.2 Å². The van der Waals surface area contributed by atoms with Crippen LogP contribution >= 0.6 is 0 Å². The molecule has 1 saturated carbocycles. The van der Waals surface area contributed by atoms with Crippen LogP contribution < -0.4 is 5.32 Å². The third-order valence-corrected chi connectivity index (χ3v) is 2.37. The van der Waals surface area contributed by atoms with E-state index in [4.69, 9.17) is 4.74 Å². The van der Waals surface area contributed by atoms with Crippen LogP contribution in [0.3, 0.4) is 0 Å². The summed E-state index contributed by atoms with van der Waals surface area (Å²) in [6, 6.07) is 0.693. The molecule has 1 fully saturated rings. The summed E-state index contributed by atoms with van der Waals surface area (Å²) in [7, 11) is 3.84. The van der Waals surface area contributed by atoms with Gasteiger partial charge in [-0.25, -0.2) is 0 Å². The molecular formula is C10H23NO. The van der Waals surface area contributed by atoms with Crippen molar-refractivity contribution in [2.24, 2.45) is 0 Å². The number of methoxy groups -OCH3 is 1. The van der Waals surface area contributed by atoms with Gasteiger partial charge in [-0.05, 0) is 32.7 Å². The molecule has 1 aliphatic rings. The zero-order chi connectivity index (χ0) is 9.40. The standard InChI is InChI=1S/C8H17NO.C2H6/c1-9-7-4-3-5-8(6-7)10-2;1-2/h7-9H,3-6H2,1-2H3;1-2H3. The van der Waals surface area contributed by atoms with E-state index in [9.17, 15) is 0 Å². The van der Waals surface area contributed by atoms with Crippen LogP contribution in [0.5, 0.6) is 0 Å². The molecule has 12 heavy (non-hydrogen) atoms. The highest BCUT2D eigenvalue weighted by Gasteiger charge is 2.19. The average molecular weight is 173 g/mol. The fourth-order valence-corrected chi connectivity index (χ4v) is 1.62. The molecule has 1 N–H and O–H groups in total. The lowest BCUT2D eigenvalue weighted by Gasteiger charge is -2.27. The van der Waals surface area contributed by atoms with E-state index in [-0.39, 0.29) is 0 Å². The summed E-state index contributed by atoms with van der Waals surface area (Å²) in [6.07, 6.45) is 5.56. The second-order valence-electron chi connectivity index (χ2n) is 3.01. The third kappa shape index (κ3) is 4.07. The first kappa shape index (κ1) is 11.9. The molecule has 74 valence electrons. The van der Waals surface area contributed by atoms with Gasteiger partial charge in [-0.3, -0.25) is 0 Å². The molecule has 0 aliphatic heterocycles. The van der Waals surface area contributed by atoms with Crippen molar-refractivity contribution in [3.63, 3.8) is 0 Å². The van der Waals surface area contributed by atoms with Crippen molar-refractivity contribution < 1.29 is 4.74 Å². The second kappa shape index (κ2) is 7.56. The Morgan fingerprint density at radius 3 is 2.42 bits per heavy atom. The number of rotatable bonds is 2. The Morgan fingerprint density at radius 2 is 1.92 bits per heavy atom. The highest BCUT2D eigenvalue weighted by atomic mass is 16.5. The summed E-state index contributed by atoms with van der Waals surface area (Å²) < 4.78 is 5.28. The lowest BCUT2D eigenvalue weighted by Crippen LogP contribution is -2.34. The van der Waals surface area contributed by atoms with E-state index in [0.29, 0.717) is 12.1 Å². The van der Waals surface area contributed by atoms with Crippen LogP contribution in [0, 0.1) is 0 Å². The summed E-state index contributed by atoms with van der Waals surface area (Å²) in [5, 5.41) is 3.29. The summed E-state index contributed by atoms with van der Waals surface area (Å²) in [5.41, 5.74) is 0. The molecule has 1 aliphatic carbocycles. The van der Waals surface area contributed by atoms with Gasteiger partial charge in [0.15, 0.2) is 0 Å². The molecule has 2 unspecified atom stereocenters. The normalized spacial score (nSPS) is 29.0. The van der Waals surface area contributed by atoms with Gasteiger partial charge < -0.3 is 10.1 Å². The fraction of sp³-hybridized carbons (Fsp3) is 1.00. The Labute approximate surface area is 76.7 Å². The van der Waals surface area contributed by atoms with Gasteiger partial charge in [0.1, 0.15) is 0 Å². The van der Waals surface area contributed by atoms with Crippen molar-refractivity contribution in [2.75, 3.05) is 14.2 Å². The molecule has 2 atom stereocenters. The third-order valence-electron chi connectivity index (χ3n) is 2.37. The number of hydrogen-bond donors (Lipinski definition) is 1. The van der Waals surface area contributed by atoms with Crippen LogP contribution in [0.2, 0.25) is 0 Å². The van der Waals surface area contributed by atoms with Gasteiger partial charge >= 0.3 is 0 Å². The van der Waals surface area contributed by atoms with Crippen LogP contribution in [0.4, 0.5) is 0 Å². The van der Waals surface area contributed by atoms with Crippen LogP contribution in [0.1, 0.15) is 39.5 Å². The lowest BCUT2D eigenvalue weighted by molar-refractivity contribution is 0.0601. The topological polar surface area (TPSA) is 21.3 Å². The molecule has 1 rings (SSSR count). The predicted octanol–water partition coefficient (Wildman–Crippen LogP) is 2.19. The first-order chi connectivity index (χ1) is 5.86. The zero-order valence-electron chi connectivity index (χ0n) is 8.89. The highest BCUT2D eigenvalue weighted by Crippen LogP contribution is 2.19. The van der Waals surface area contributed by atoms with Crippen molar-refractivity contribution in [1.82, 2.24) is 5.32 Å². The van der Waals surface area contributed by atoms with E-state index >= 15 is 0 Å². The van der Waals surface area contributed by atoms with E-state index in [2.05, 4.69) is 5.32 Å². The minimum absolute atomic E-state index is 0.506. The van der Waals surface area contributed by atoms with Crippen LogP contribution in [-0.4, -0.2) is 26.3 Å². The maximum atomic E-state index is 5.28. The predicted molar refractivity (Wildman–Crippen MR) is 53.5 cm³/mol. The fourth-order valence-electron chi connectivity index (χ4n) is 1.62. The maximum absolute atomic E-state index is 5.28. The molecular weight excluding hydrogens is 150 g/mol. The molecule has 0 spiro atoms. The zero-order valence-corrected chi connectivity index (χ0v) is 8.89. The van der Waals surface area contributed by atoms with Crippen LogP contribution in [0.25, 0.3) is 0 Å². The molecule has 2 nitrogen and oxygen atoms in total. The monoisotopic (exact) mass is 173 g/mol. The van der Waals surface area contributed by atoms with Gasteiger partial charge in [0.2, 0.25) is 0 Å². The summed E-state index contributed by atoms with van der Waals surface area (Å²) in [4.78, 5) is 0. The van der Waals surface area contributed by atoms with Gasteiger partial charge in [0.05, 0.1) is 6.10 Å². The molecule has 0 amide bonds.